The van der Waals surface area contributed by atoms with E-state index in [-0.39, 0.29) is 33.2 Å². The first-order valence-electron chi connectivity index (χ1n) is 15.6. The molecule has 0 aliphatic heterocycles. The van der Waals surface area contributed by atoms with Crippen LogP contribution in [-0.2, 0) is 21.7 Å². The first-order chi connectivity index (χ1) is 19.5. The lowest BCUT2D eigenvalue weighted by Crippen LogP contribution is -2.24. The fourth-order valence-electron chi connectivity index (χ4n) is 5.32. The van der Waals surface area contributed by atoms with Crippen molar-refractivity contribution in [3.05, 3.63) is 76.6 Å². The second-order valence-electron chi connectivity index (χ2n) is 17.3. The Kier molecular flexibility index (Phi) is 8.62. The van der Waals surface area contributed by atoms with Crippen LogP contribution in [-0.4, -0.2) is 4.98 Å². The Morgan fingerprint density at radius 3 is 1.37 bits per heavy atom. The Balaban J connectivity index is 2.27. The van der Waals surface area contributed by atoms with Crippen molar-refractivity contribution in [2.45, 2.75) is 132 Å². The Morgan fingerprint density at radius 1 is 0.605 bits per heavy atom. The van der Waals surface area contributed by atoms with Gasteiger partial charge in [-0.3, -0.25) is 9.51 Å². The molecule has 2 aromatic carbocycles. The molecule has 234 valence electrons. The smallest absolute Gasteiger partial charge is 0.388 e. The van der Waals surface area contributed by atoms with E-state index in [9.17, 15) is 0 Å². The molecule has 4 nitrogen and oxygen atoms in total. The summed E-state index contributed by atoms with van der Waals surface area (Å²) >= 11 is 0. The predicted molar refractivity (Wildman–Crippen MR) is 184 cm³/mol. The molecule has 1 atom stereocenters. The molecular formula is C38H54NO3P. The van der Waals surface area contributed by atoms with Crippen LogP contribution in [0.5, 0.6) is 0 Å². The topological polar surface area (TPSA) is 48.4 Å². The van der Waals surface area contributed by atoms with Crippen LogP contribution >= 0.6 is 8.24 Å². The molecule has 5 heteroatoms. The molecule has 2 heterocycles. The van der Waals surface area contributed by atoms with Gasteiger partial charge in [0.05, 0.1) is 5.69 Å². The molecule has 0 aliphatic rings. The highest BCUT2D eigenvalue weighted by molar-refractivity contribution is 7.31. The van der Waals surface area contributed by atoms with E-state index in [1.165, 1.54) is 11.1 Å². The first-order valence-corrected chi connectivity index (χ1v) is 16.7. The number of fused-ring (bicyclic) bond motifs is 3. The van der Waals surface area contributed by atoms with Crippen LogP contribution in [0.4, 0.5) is 0 Å². The molecule has 2 aromatic heterocycles. The molecule has 0 saturated heterocycles. The van der Waals surface area contributed by atoms with E-state index in [4.69, 9.17) is 12.9 Å². The second kappa shape index (κ2) is 11.1. The molecule has 0 saturated carbocycles. The van der Waals surface area contributed by atoms with Gasteiger partial charge < -0.3 is 8.39 Å². The van der Waals surface area contributed by atoms with Gasteiger partial charge in [0.1, 0.15) is 17.3 Å². The summed E-state index contributed by atoms with van der Waals surface area (Å²) in [4.78, 5) is 4.69. The summed E-state index contributed by atoms with van der Waals surface area (Å²) in [6, 6.07) is 15.3. The van der Waals surface area contributed by atoms with Gasteiger partial charge in [0.25, 0.3) is 0 Å². The van der Waals surface area contributed by atoms with Crippen molar-refractivity contribution in [2.24, 2.45) is 5.41 Å². The molecule has 0 amide bonds. The number of pyridine rings is 1. The standard InChI is InChI=1S/C38H54NO3P/c1-34(2,3)24-20-26-27-21-25(35(4,5)6)23-29(37(10,11)12)32(27)41-43(40-31(26)28(22-24)36(7,8)9)42-33(38(13,14)15)30-18-16-17-19-39-30/h16-23,33H,1-15H3/t33-/m0/s1. The highest BCUT2D eigenvalue weighted by atomic mass is 31.1. The molecule has 0 radical (unpaired) electrons. The van der Waals surface area contributed by atoms with E-state index in [0.29, 0.717) is 0 Å². The lowest BCUT2D eigenvalue weighted by molar-refractivity contribution is 0.122. The number of hydrogen-bond donors (Lipinski definition) is 0. The van der Waals surface area contributed by atoms with Crippen molar-refractivity contribution in [3.63, 3.8) is 0 Å². The molecule has 0 bridgehead atoms. The monoisotopic (exact) mass is 603 g/mol. The summed E-state index contributed by atoms with van der Waals surface area (Å²) in [5, 5.41) is 2.14. The maximum absolute atomic E-state index is 7.00. The normalized spacial score (nSPS) is 14.4. The van der Waals surface area contributed by atoms with Crippen LogP contribution in [0.15, 0.2) is 57.1 Å². The van der Waals surface area contributed by atoms with E-state index < -0.39 is 8.24 Å². The molecular weight excluding hydrogens is 549 g/mol. The van der Waals surface area contributed by atoms with E-state index in [1.54, 1.807) is 0 Å². The summed E-state index contributed by atoms with van der Waals surface area (Å²) in [7, 11) is -1.84. The van der Waals surface area contributed by atoms with Crippen LogP contribution in [0.25, 0.3) is 21.9 Å². The van der Waals surface area contributed by atoms with Crippen LogP contribution in [0, 0.1) is 5.41 Å². The minimum Gasteiger partial charge on any atom is -0.399 e. The summed E-state index contributed by atoms with van der Waals surface area (Å²) < 4.78 is 20.9. The van der Waals surface area contributed by atoms with Gasteiger partial charge in [0.15, 0.2) is 0 Å². The molecule has 43 heavy (non-hydrogen) atoms. The first kappa shape index (κ1) is 33.3. The average molecular weight is 604 g/mol. The van der Waals surface area contributed by atoms with Crippen LogP contribution in [0.3, 0.4) is 0 Å². The lowest BCUT2D eigenvalue weighted by atomic mass is 9.77. The molecule has 4 aromatic rings. The van der Waals surface area contributed by atoms with Crippen molar-refractivity contribution in [1.82, 2.24) is 4.98 Å². The van der Waals surface area contributed by atoms with E-state index in [0.717, 1.165) is 38.8 Å². The van der Waals surface area contributed by atoms with Gasteiger partial charge in [-0.1, -0.05) is 122 Å². The van der Waals surface area contributed by atoms with Crippen molar-refractivity contribution >= 4 is 30.2 Å². The SMILES string of the molecule is CC(C)(C)c1cc(C(C)(C)C)c2op(O[C@@H](c3ccccn3)C(C)(C)C)oc3c(C(C)(C)C)cc(C(C)(C)C)cc3c2c1. The molecule has 0 spiro atoms. The van der Waals surface area contributed by atoms with Gasteiger partial charge in [-0.05, 0) is 62.5 Å². The molecule has 0 unspecified atom stereocenters. The van der Waals surface area contributed by atoms with Crippen LogP contribution in [0.1, 0.15) is 138 Å². The Labute approximate surface area is 261 Å². The number of benzene rings is 2. The van der Waals surface area contributed by atoms with Gasteiger partial charge in [-0.15, -0.1) is 0 Å². The number of hydrogen-bond acceptors (Lipinski definition) is 4. The zero-order valence-electron chi connectivity index (χ0n) is 29.3. The molecule has 0 N–H and O–H groups in total. The summed E-state index contributed by atoms with van der Waals surface area (Å²) in [5.74, 6) is 0. The third-order valence-corrected chi connectivity index (χ3v) is 9.13. The summed E-state index contributed by atoms with van der Waals surface area (Å²) in [6.45, 7) is 33.7. The van der Waals surface area contributed by atoms with Crippen LogP contribution in [0.2, 0.25) is 0 Å². The number of rotatable bonds is 3. The maximum atomic E-state index is 7.00. The van der Waals surface area contributed by atoms with Gasteiger partial charge in [-0.25, -0.2) is 0 Å². The van der Waals surface area contributed by atoms with Gasteiger partial charge in [0, 0.05) is 28.1 Å². The highest BCUT2D eigenvalue weighted by Crippen LogP contribution is 2.47. The van der Waals surface area contributed by atoms with Gasteiger partial charge in [0.2, 0.25) is 0 Å². The van der Waals surface area contributed by atoms with Crippen molar-refractivity contribution in [3.8, 4) is 0 Å². The molecule has 4 rings (SSSR count). The van der Waals surface area contributed by atoms with E-state index in [2.05, 4.69) is 133 Å². The average Bonchev–Trinajstić information content (AvgIpc) is 3.00. The van der Waals surface area contributed by atoms with Gasteiger partial charge in [-0.2, -0.15) is 0 Å². The summed E-state index contributed by atoms with van der Waals surface area (Å²) in [5.41, 5.74) is 6.76. The number of aromatic nitrogens is 1. The fourth-order valence-corrected chi connectivity index (χ4v) is 6.73. The second-order valence-corrected chi connectivity index (χ2v) is 18.3. The lowest BCUT2D eigenvalue weighted by Gasteiger charge is -2.28. The van der Waals surface area contributed by atoms with Crippen LogP contribution < -0.4 is 4.52 Å². The number of nitrogens with zero attached hydrogens (tertiary/aromatic N) is 1. The van der Waals surface area contributed by atoms with Crippen molar-refractivity contribution in [2.75, 3.05) is 0 Å². The fraction of sp³-hybridized carbons (Fsp3) is 0.553. The van der Waals surface area contributed by atoms with Crippen molar-refractivity contribution in [1.29, 1.82) is 0 Å². The summed E-state index contributed by atoms with van der Waals surface area (Å²) in [6.07, 6.45) is 1.49. The van der Waals surface area contributed by atoms with E-state index in [1.807, 2.05) is 24.4 Å². The predicted octanol–water partition coefficient (Wildman–Crippen LogP) is 12.1. The minimum absolute atomic E-state index is 0.0472. The largest absolute Gasteiger partial charge is 0.399 e. The van der Waals surface area contributed by atoms with Gasteiger partial charge >= 0.3 is 8.24 Å². The zero-order chi connectivity index (χ0) is 32.3. The Morgan fingerprint density at radius 2 is 1.05 bits per heavy atom. The quantitative estimate of drug-likeness (QED) is 0.234. The highest BCUT2D eigenvalue weighted by Gasteiger charge is 2.33. The van der Waals surface area contributed by atoms with E-state index >= 15 is 0 Å². The maximum Gasteiger partial charge on any atom is 0.388 e. The molecule has 0 aliphatic carbocycles. The Bertz CT molecular complexity index is 1550. The van der Waals surface area contributed by atoms with Crippen molar-refractivity contribution < 1.29 is 12.9 Å². The zero-order valence-corrected chi connectivity index (χ0v) is 30.2. The third kappa shape index (κ3) is 7.23. The third-order valence-electron chi connectivity index (χ3n) is 8.08. The Hall–Kier alpha value is -2.55. The molecule has 0 fully saturated rings. The minimum atomic E-state index is -1.84.